The second-order valence-electron chi connectivity index (χ2n) is 2.99. The van der Waals surface area contributed by atoms with Gasteiger partial charge in [-0.3, -0.25) is 0 Å². The monoisotopic (exact) mass is 132 g/mol. The summed E-state index contributed by atoms with van der Waals surface area (Å²) in [6, 6.07) is 0. The van der Waals surface area contributed by atoms with Crippen LogP contribution in [-0.2, 0) is 0 Å². The lowest BCUT2D eigenvalue weighted by molar-refractivity contribution is 0.727. The fourth-order valence-electron chi connectivity index (χ4n) is 1.69. The van der Waals surface area contributed by atoms with Crippen LogP contribution in [0, 0.1) is 6.42 Å². The maximum absolute atomic E-state index is 3.45. The van der Waals surface area contributed by atoms with Gasteiger partial charge in [0.25, 0.3) is 0 Å². The van der Waals surface area contributed by atoms with Crippen LogP contribution in [0.2, 0.25) is 0 Å². The van der Waals surface area contributed by atoms with E-state index in [2.05, 4.69) is 18.6 Å². The smallest absolute Gasteiger partial charge is 0.0123 e. The van der Waals surface area contributed by atoms with Gasteiger partial charge in [-0.2, -0.15) is 0 Å². The summed E-state index contributed by atoms with van der Waals surface area (Å²) in [5, 5.41) is 0. The van der Waals surface area contributed by atoms with E-state index < -0.39 is 0 Å². The SMILES string of the molecule is [C]1CCCC2=C1CC=CC2. The Kier molecular flexibility index (Phi) is 1.62. The van der Waals surface area contributed by atoms with Gasteiger partial charge in [0.05, 0.1) is 0 Å². The average Bonchev–Trinajstić information content (AvgIpc) is 2.05. The van der Waals surface area contributed by atoms with Crippen LogP contribution in [0.3, 0.4) is 0 Å². The van der Waals surface area contributed by atoms with Gasteiger partial charge in [0.2, 0.25) is 0 Å². The second kappa shape index (κ2) is 2.61. The summed E-state index contributed by atoms with van der Waals surface area (Å²) < 4.78 is 0. The van der Waals surface area contributed by atoms with Gasteiger partial charge in [-0.05, 0) is 32.1 Å². The van der Waals surface area contributed by atoms with E-state index in [9.17, 15) is 0 Å². The van der Waals surface area contributed by atoms with E-state index in [1.165, 1.54) is 31.3 Å². The molecule has 0 aromatic rings. The van der Waals surface area contributed by atoms with Gasteiger partial charge in [0.15, 0.2) is 0 Å². The molecular formula is C10H12. The van der Waals surface area contributed by atoms with Gasteiger partial charge in [-0.1, -0.05) is 23.3 Å². The minimum Gasteiger partial charge on any atom is -0.0841 e. The average molecular weight is 132 g/mol. The largest absolute Gasteiger partial charge is 0.0841 e. The summed E-state index contributed by atoms with van der Waals surface area (Å²) in [7, 11) is 0. The zero-order valence-corrected chi connectivity index (χ0v) is 6.19. The van der Waals surface area contributed by atoms with Crippen LogP contribution in [0.15, 0.2) is 23.3 Å². The Morgan fingerprint density at radius 1 is 1.20 bits per heavy atom. The Balaban J connectivity index is 2.17. The van der Waals surface area contributed by atoms with Crippen LogP contribution in [0.1, 0.15) is 32.1 Å². The maximum atomic E-state index is 3.45. The van der Waals surface area contributed by atoms with Gasteiger partial charge in [0, 0.05) is 6.42 Å². The number of allylic oxidation sites excluding steroid dienone is 4. The van der Waals surface area contributed by atoms with E-state index in [0.29, 0.717) is 0 Å². The van der Waals surface area contributed by atoms with Gasteiger partial charge < -0.3 is 0 Å². The van der Waals surface area contributed by atoms with Crippen molar-refractivity contribution in [3.8, 4) is 0 Å². The lowest BCUT2D eigenvalue weighted by Gasteiger charge is -2.20. The third kappa shape index (κ3) is 1.03. The molecule has 2 aliphatic carbocycles. The summed E-state index contributed by atoms with van der Waals surface area (Å²) in [5.41, 5.74) is 3.16. The molecule has 0 atom stereocenters. The molecule has 0 heterocycles. The first-order valence-electron chi connectivity index (χ1n) is 4.06. The van der Waals surface area contributed by atoms with Crippen LogP contribution in [0.4, 0.5) is 0 Å². The van der Waals surface area contributed by atoms with Crippen molar-refractivity contribution in [2.24, 2.45) is 0 Å². The zero-order chi connectivity index (χ0) is 6.81. The number of hydrogen-bond donors (Lipinski definition) is 0. The molecule has 0 saturated heterocycles. The normalized spacial score (nSPS) is 24.8. The first kappa shape index (κ1) is 6.21. The van der Waals surface area contributed by atoms with E-state index >= 15 is 0 Å². The highest BCUT2D eigenvalue weighted by atomic mass is 14.2. The third-order valence-electron chi connectivity index (χ3n) is 2.27. The van der Waals surface area contributed by atoms with E-state index in [4.69, 9.17) is 0 Å². The summed E-state index contributed by atoms with van der Waals surface area (Å²) in [6.07, 6.45) is 14.2. The molecule has 10 heavy (non-hydrogen) atoms. The molecule has 0 amide bonds. The topological polar surface area (TPSA) is 0 Å². The van der Waals surface area contributed by atoms with Crippen molar-refractivity contribution in [1.82, 2.24) is 0 Å². The van der Waals surface area contributed by atoms with Gasteiger partial charge in [-0.15, -0.1) is 0 Å². The molecule has 0 saturated carbocycles. The van der Waals surface area contributed by atoms with Gasteiger partial charge >= 0.3 is 0 Å². The van der Waals surface area contributed by atoms with E-state index in [1.807, 2.05) is 0 Å². The Morgan fingerprint density at radius 3 is 3.00 bits per heavy atom. The predicted molar refractivity (Wildman–Crippen MR) is 42.5 cm³/mol. The third-order valence-corrected chi connectivity index (χ3v) is 2.27. The van der Waals surface area contributed by atoms with Crippen LogP contribution in [0.5, 0.6) is 0 Å². The predicted octanol–water partition coefficient (Wildman–Crippen LogP) is 2.90. The molecule has 0 aliphatic heterocycles. The summed E-state index contributed by atoms with van der Waals surface area (Å²) in [4.78, 5) is 0. The molecule has 0 fully saturated rings. The Bertz CT molecular complexity index is 164. The molecule has 2 radical (unpaired) electrons. The van der Waals surface area contributed by atoms with E-state index in [1.54, 1.807) is 5.57 Å². The van der Waals surface area contributed by atoms with Crippen molar-refractivity contribution in [3.63, 3.8) is 0 Å². The molecule has 0 heteroatoms. The van der Waals surface area contributed by atoms with Crippen molar-refractivity contribution in [2.45, 2.75) is 32.1 Å². The maximum Gasteiger partial charge on any atom is 0.0123 e. The quantitative estimate of drug-likeness (QED) is 0.444. The molecule has 0 nitrogen and oxygen atoms in total. The molecule has 2 aliphatic rings. The molecule has 0 aromatic carbocycles. The summed E-state index contributed by atoms with van der Waals surface area (Å²) >= 11 is 0. The van der Waals surface area contributed by atoms with E-state index in [-0.39, 0.29) is 0 Å². The highest BCUT2D eigenvalue weighted by molar-refractivity contribution is 5.31. The number of hydrogen-bond acceptors (Lipinski definition) is 0. The molecule has 0 aromatic heterocycles. The van der Waals surface area contributed by atoms with Crippen molar-refractivity contribution in [2.75, 3.05) is 0 Å². The van der Waals surface area contributed by atoms with E-state index in [0.717, 1.165) is 6.42 Å². The fourth-order valence-corrected chi connectivity index (χ4v) is 1.69. The molecule has 0 bridgehead atoms. The van der Waals surface area contributed by atoms with Gasteiger partial charge in [0.1, 0.15) is 0 Å². The van der Waals surface area contributed by atoms with Crippen LogP contribution in [0.25, 0.3) is 0 Å². The first-order valence-corrected chi connectivity index (χ1v) is 4.06. The zero-order valence-electron chi connectivity index (χ0n) is 6.19. The first-order chi connectivity index (χ1) is 4.97. The Hall–Kier alpha value is -0.520. The second-order valence-corrected chi connectivity index (χ2v) is 2.99. The minimum atomic E-state index is 1.15. The van der Waals surface area contributed by atoms with Crippen molar-refractivity contribution < 1.29 is 0 Å². The molecule has 0 N–H and O–H groups in total. The van der Waals surface area contributed by atoms with Crippen molar-refractivity contribution in [1.29, 1.82) is 0 Å². The minimum absolute atomic E-state index is 1.15. The molecular weight excluding hydrogens is 120 g/mol. The van der Waals surface area contributed by atoms with Gasteiger partial charge in [-0.25, -0.2) is 0 Å². The molecule has 0 unspecified atom stereocenters. The Morgan fingerprint density at radius 2 is 2.10 bits per heavy atom. The van der Waals surface area contributed by atoms with Crippen molar-refractivity contribution in [3.05, 3.63) is 29.7 Å². The summed E-state index contributed by atoms with van der Waals surface area (Å²) in [6.45, 7) is 0. The molecule has 2 rings (SSSR count). The fraction of sp³-hybridized carbons (Fsp3) is 0.500. The number of rotatable bonds is 0. The van der Waals surface area contributed by atoms with Crippen molar-refractivity contribution >= 4 is 0 Å². The summed E-state index contributed by atoms with van der Waals surface area (Å²) in [5.74, 6) is 0. The highest BCUT2D eigenvalue weighted by Gasteiger charge is 2.12. The van der Waals surface area contributed by atoms with Crippen LogP contribution >= 0.6 is 0 Å². The highest BCUT2D eigenvalue weighted by Crippen LogP contribution is 2.31. The van der Waals surface area contributed by atoms with Crippen LogP contribution in [-0.4, -0.2) is 0 Å². The molecule has 52 valence electrons. The lowest BCUT2D eigenvalue weighted by atomic mass is 9.85. The Labute approximate surface area is 62.6 Å². The lowest BCUT2D eigenvalue weighted by Crippen LogP contribution is -2.02. The standard InChI is InChI=1S/C10H12/c1-2-6-10-8-4-3-7-9(10)5-1/h1-2H,3-7H2. The van der Waals surface area contributed by atoms with Crippen LogP contribution < -0.4 is 0 Å². The molecule has 0 spiro atoms.